The lowest BCUT2D eigenvalue weighted by Crippen LogP contribution is -2.54. The van der Waals surface area contributed by atoms with Gasteiger partial charge in [-0.05, 0) is 26.7 Å². The molecule has 0 aromatic heterocycles. The number of hydrogen-bond acceptors (Lipinski definition) is 3. The molecule has 1 saturated heterocycles. The van der Waals surface area contributed by atoms with E-state index in [1.54, 1.807) is 13.8 Å². The van der Waals surface area contributed by atoms with Crippen LogP contribution >= 0.6 is 24.8 Å². The van der Waals surface area contributed by atoms with Gasteiger partial charge in [0.1, 0.15) is 0 Å². The summed E-state index contributed by atoms with van der Waals surface area (Å²) in [4.78, 5) is 14.0. The van der Waals surface area contributed by atoms with Crippen molar-refractivity contribution in [1.29, 1.82) is 0 Å². The first-order valence-electron chi connectivity index (χ1n) is 5.86. The number of rotatable bonds is 4. The SMILES string of the molecule is C=CCN1CCC(NC(=O)C(C)(C)N)CC1.Cl.Cl. The molecular formula is C12H25Cl2N3O. The lowest BCUT2D eigenvalue weighted by molar-refractivity contribution is -0.126. The fourth-order valence-corrected chi connectivity index (χ4v) is 1.81. The van der Waals surface area contributed by atoms with Gasteiger partial charge in [0, 0.05) is 25.7 Å². The Morgan fingerprint density at radius 1 is 1.44 bits per heavy atom. The van der Waals surface area contributed by atoms with Crippen LogP contribution in [0.25, 0.3) is 0 Å². The third kappa shape index (κ3) is 6.59. The molecule has 0 unspecified atom stereocenters. The van der Waals surface area contributed by atoms with E-state index in [4.69, 9.17) is 5.73 Å². The van der Waals surface area contributed by atoms with E-state index in [0.29, 0.717) is 0 Å². The molecule has 4 nitrogen and oxygen atoms in total. The summed E-state index contributed by atoms with van der Waals surface area (Å²) in [6, 6.07) is 0.274. The van der Waals surface area contributed by atoms with Crippen LogP contribution in [0.15, 0.2) is 12.7 Å². The predicted molar refractivity (Wildman–Crippen MR) is 80.6 cm³/mol. The zero-order valence-electron chi connectivity index (χ0n) is 11.1. The van der Waals surface area contributed by atoms with Crippen LogP contribution in [0.2, 0.25) is 0 Å². The van der Waals surface area contributed by atoms with E-state index in [1.165, 1.54) is 0 Å². The van der Waals surface area contributed by atoms with Crippen LogP contribution in [0.1, 0.15) is 26.7 Å². The summed E-state index contributed by atoms with van der Waals surface area (Å²) >= 11 is 0. The van der Waals surface area contributed by atoms with Crippen molar-refractivity contribution in [2.75, 3.05) is 19.6 Å². The van der Waals surface area contributed by atoms with Crippen molar-refractivity contribution in [3.05, 3.63) is 12.7 Å². The molecule has 0 atom stereocenters. The third-order valence-electron chi connectivity index (χ3n) is 2.90. The highest BCUT2D eigenvalue weighted by Crippen LogP contribution is 2.11. The molecule has 108 valence electrons. The normalized spacial score (nSPS) is 17.3. The van der Waals surface area contributed by atoms with Crippen molar-refractivity contribution in [3.8, 4) is 0 Å². The lowest BCUT2D eigenvalue weighted by atomic mass is 10.0. The fourth-order valence-electron chi connectivity index (χ4n) is 1.81. The quantitative estimate of drug-likeness (QED) is 0.770. The van der Waals surface area contributed by atoms with Crippen LogP contribution in [-0.4, -0.2) is 42.0 Å². The van der Waals surface area contributed by atoms with Gasteiger partial charge in [0.2, 0.25) is 5.91 Å². The minimum atomic E-state index is -0.780. The average molecular weight is 298 g/mol. The summed E-state index contributed by atoms with van der Waals surface area (Å²) in [5.74, 6) is -0.0605. The van der Waals surface area contributed by atoms with Gasteiger partial charge in [0.25, 0.3) is 0 Å². The monoisotopic (exact) mass is 297 g/mol. The zero-order valence-corrected chi connectivity index (χ0v) is 12.8. The first-order valence-corrected chi connectivity index (χ1v) is 5.86. The number of nitrogens with zero attached hydrogens (tertiary/aromatic N) is 1. The topological polar surface area (TPSA) is 58.4 Å². The van der Waals surface area contributed by atoms with Crippen molar-refractivity contribution < 1.29 is 4.79 Å². The molecule has 1 fully saturated rings. The van der Waals surface area contributed by atoms with Crippen LogP contribution in [-0.2, 0) is 4.79 Å². The molecular weight excluding hydrogens is 273 g/mol. The summed E-state index contributed by atoms with van der Waals surface area (Å²) in [5.41, 5.74) is 4.96. The lowest BCUT2D eigenvalue weighted by Gasteiger charge is -2.33. The molecule has 1 rings (SSSR count). The number of carbonyl (C=O) groups is 1. The molecule has 18 heavy (non-hydrogen) atoms. The van der Waals surface area contributed by atoms with E-state index >= 15 is 0 Å². The Morgan fingerprint density at radius 3 is 2.33 bits per heavy atom. The summed E-state index contributed by atoms with van der Waals surface area (Å²) in [6.07, 6.45) is 3.91. The predicted octanol–water partition coefficient (Wildman–Crippen LogP) is 1.33. The molecule has 0 aromatic carbocycles. The number of nitrogens with two attached hydrogens (primary N) is 1. The highest BCUT2D eigenvalue weighted by atomic mass is 35.5. The number of carbonyl (C=O) groups excluding carboxylic acids is 1. The van der Waals surface area contributed by atoms with Crippen molar-refractivity contribution in [2.24, 2.45) is 5.73 Å². The molecule has 3 N–H and O–H groups in total. The van der Waals surface area contributed by atoms with Crippen LogP contribution in [0.5, 0.6) is 0 Å². The minimum Gasteiger partial charge on any atom is -0.352 e. The molecule has 0 aromatic rings. The first kappa shape index (κ1) is 20.0. The van der Waals surface area contributed by atoms with Crippen LogP contribution in [0, 0.1) is 0 Å². The van der Waals surface area contributed by atoms with Crippen LogP contribution in [0.3, 0.4) is 0 Å². The maximum atomic E-state index is 11.7. The van der Waals surface area contributed by atoms with Gasteiger partial charge >= 0.3 is 0 Å². The van der Waals surface area contributed by atoms with Crippen LogP contribution < -0.4 is 11.1 Å². The number of amides is 1. The summed E-state index contributed by atoms with van der Waals surface area (Å²) < 4.78 is 0. The fraction of sp³-hybridized carbons (Fsp3) is 0.750. The zero-order chi connectivity index (χ0) is 12.2. The first-order chi connectivity index (χ1) is 7.43. The van der Waals surface area contributed by atoms with Gasteiger partial charge < -0.3 is 11.1 Å². The maximum absolute atomic E-state index is 11.7. The van der Waals surface area contributed by atoms with Gasteiger partial charge in [-0.25, -0.2) is 0 Å². The van der Waals surface area contributed by atoms with E-state index in [9.17, 15) is 4.79 Å². The van der Waals surface area contributed by atoms with Gasteiger partial charge in [-0.15, -0.1) is 31.4 Å². The standard InChI is InChI=1S/C12H23N3O.2ClH/c1-4-7-15-8-5-10(6-9-15)14-11(16)12(2,3)13;;/h4,10H,1,5-9,13H2,2-3H3,(H,14,16);2*1H. The second kappa shape index (κ2) is 8.75. The molecule has 6 heteroatoms. The Hall–Kier alpha value is -0.290. The second-order valence-electron chi connectivity index (χ2n) is 5.06. The van der Waals surface area contributed by atoms with E-state index in [-0.39, 0.29) is 36.8 Å². The molecule has 1 amide bonds. The smallest absolute Gasteiger partial charge is 0.239 e. The van der Waals surface area contributed by atoms with Gasteiger partial charge in [-0.1, -0.05) is 6.08 Å². The number of hydrogen-bond donors (Lipinski definition) is 2. The van der Waals surface area contributed by atoms with Crippen molar-refractivity contribution in [3.63, 3.8) is 0 Å². The third-order valence-corrected chi connectivity index (χ3v) is 2.90. The van der Waals surface area contributed by atoms with Gasteiger partial charge in [0.05, 0.1) is 5.54 Å². The summed E-state index contributed by atoms with van der Waals surface area (Å²) in [7, 11) is 0. The van der Waals surface area contributed by atoms with Gasteiger partial charge in [0.15, 0.2) is 0 Å². The van der Waals surface area contributed by atoms with Crippen LogP contribution in [0.4, 0.5) is 0 Å². The number of halogens is 2. The number of likely N-dealkylation sites (tertiary alicyclic amines) is 1. The largest absolute Gasteiger partial charge is 0.352 e. The van der Waals surface area contributed by atoms with E-state index in [1.807, 2.05) is 6.08 Å². The molecule has 0 spiro atoms. The Labute approximate surface area is 122 Å². The van der Waals surface area contributed by atoms with Crippen molar-refractivity contribution >= 4 is 30.7 Å². The van der Waals surface area contributed by atoms with Gasteiger partial charge in [-0.3, -0.25) is 9.69 Å². The average Bonchev–Trinajstić information content (AvgIpc) is 2.20. The molecule has 0 saturated carbocycles. The summed E-state index contributed by atoms with van der Waals surface area (Å²) in [5, 5.41) is 3.01. The van der Waals surface area contributed by atoms with E-state index in [2.05, 4.69) is 16.8 Å². The molecule has 1 aliphatic rings. The molecule has 0 radical (unpaired) electrons. The molecule has 1 aliphatic heterocycles. The van der Waals surface area contributed by atoms with Crippen molar-refractivity contribution in [1.82, 2.24) is 10.2 Å². The Balaban J connectivity index is 0. The number of nitrogens with one attached hydrogen (secondary N) is 1. The Kier molecular flexibility index (Phi) is 9.74. The Morgan fingerprint density at radius 2 is 1.94 bits per heavy atom. The molecule has 0 aliphatic carbocycles. The maximum Gasteiger partial charge on any atom is 0.239 e. The highest BCUT2D eigenvalue weighted by molar-refractivity contribution is 5.86. The Bertz CT molecular complexity index is 259. The molecule has 1 heterocycles. The van der Waals surface area contributed by atoms with E-state index < -0.39 is 5.54 Å². The number of piperidine rings is 1. The minimum absolute atomic E-state index is 0. The molecule has 0 bridgehead atoms. The summed E-state index contributed by atoms with van der Waals surface area (Å²) in [6.45, 7) is 10.2. The van der Waals surface area contributed by atoms with E-state index in [0.717, 1.165) is 32.5 Å². The van der Waals surface area contributed by atoms with Crippen molar-refractivity contribution in [2.45, 2.75) is 38.3 Å². The highest BCUT2D eigenvalue weighted by Gasteiger charge is 2.26. The second-order valence-corrected chi connectivity index (χ2v) is 5.06. The van der Waals surface area contributed by atoms with Gasteiger partial charge in [-0.2, -0.15) is 0 Å².